The summed E-state index contributed by atoms with van der Waals surface area (Å²) in [6.45, 7) is 9.25. The first-order valence-corrected chi connectivity index (χ1v) is 8.10. The molecule has 0 radical (unpaired) electrons. The van der Waals surface area contributed by atoms with Crippen molar-refractivity contribution >= 4 is 23.3 Å². The summed E-state index contributed by atoms with van der Waals surface area (Å²) in [6.07, 6.45) is 1.28. The summed E-state index contributed by atoms with van der Waals surface area (Å²) in [4.78, 5) is 24.9. The number of hydrogen-bond donors (Lipinski definition) is 3. The fourth-order valence-electron chi connectivity index (χ4n) is 2.23. The highest BCUT2D eigenvalue weighted by Gasteiger charge is 2.17. The summed E-state index contributed by atoms with van der Waals surface area (Å²) in [7, 11) is 0. The van der Waals surface area contributed by atoms with Crippen molar-refractivity contribution in [3.05, 3.63) is 35.5 Å². The predicted molar refractivity (Wildman–Crippen MR) is 97.3 cm³/mol. The van der Waals surface area contributed by atoms with E-state index in [0.29, 0.717) is 0 Å². The molecule has 0 heterocycles. The minimum absolute atomic E-state index is 0. The first-order valence-electron chi connectivity index (χ1n) is 8.10. The molecule has 142 valence electrons. The second-order valence-electron chi connectivity index (χ2n) is 5.52. The molecule has 1 amide bonds. The Balaban J connectivity index is 0.00000625. The molecular formula is C18H24ClN4O3-. The SMILES string of the molecule is CCN(CC)c1ccc(N/C=C(/C#N)C(=O)NC(C)C(=O)O)c(C)c1.[Cl-]. The zero-order valence-corrected chi connectivity index (χ0v) is 16.1. The Kier molecular flexibility index (Phi) is 9.85. The Hall–Kier alpha value is -2.72. The number of rotatable bonds is 8. The molecule has 0 aromatic heterocycles. The number of amides is 1. The fourth-order valence-corrected chi connectivity index (χ4v) is 2.23. The van der Waals surface area contributed by atoms with E-state index in [9.17, 15) is 9.59 Å². The van der Waals surface area contributed by atoms with Crippen molar-refractivity contribution in [3.63, 3.8) is 0 Å². The number of halogens is 1. The summed E-state index contributed by atoms with van der Waals surface area (Å²) in [5.74, 6) is -1.90. The number of nitriles is 1. The van der Waals surface area contributed by atoms with Crippen LogP contribution >= 0.6 is 0 Å². The molecule has 1 unspecified atom stereocenters. The van der Waals surface area contributed by atoms with Crippen molar-refractivity contribution < 1.29 is 27.1 Å². The van der Waals surface area contributed by atoms with E-state index in [-0.39, 0.29) is 18.0 Å². The number of benzene rings is 1. The molecule has 0 saturated heterocycles. The maximum absolute atomic E-state index is 11.9. The molecule has 0 fully saturated rings. The number of anilines is 2. The molecule has 0 spiro atoms. The fraction of sp³-hybridized carbons (Fsp3) is 0.389. The zero-order chi connectivity index (χ0) is 19.0. The Morgan fingerprint density at radius 3 is 2.42 bits per heavy atom. The molecular weight excluding hydrogens is 356 g/mol. The second kappa shape index (κ2) is 11.0. The smallest absolute Gasteiger partial charge is 0.325 e. The van der Waals surface area contributed by atoms with Crippen molar-refractivity contribution in [1.82, 2.24) is 5.32 Å². The van der Waals surface area contributed by atoms with Crippen molar-refractivity contribution in [1.29, 1.82) is 5.26 Å². The van der Waals surface area contributed by atoms with Crippen LogP contribution in [0.1, 0.15) is 26.3 Å². The molecule has 0 saturated carbocycles. The lowest BCUT2D eigenvalue weighted by atomic mass is 10.1. The van der Waals surface area contributed by atoms with Gasteiger partial charge in [-0.15, -0.1) is 0 Å². The number of carbonyl (C=O) groups excluding carboxylic acids is 1. The van der Waals surface area contributed by atoms with Crippen LogP contribution in [0.4, 0.5) is 11.4 Å². The Bertz CT molecular complexity index is 709. The average molecular weight is 380 g/mol. The molecule has 1 atom stereocenters. The highest BCUT2D eigenvalue weighted by atomic mass is 35.5. The molecule has 1 aromatic rings. The van der Waals surface area contributed by atoms with Gasteiger partial charge in [0.2, 0.25) is 0 Å². The van der Waals surface area contributed by atoms with Crippen LogP contribution in [0.2, 0.25) is 0 Å². The van der Waals surface area contributed by atoms with Gasteiger partial charge in [-0.05, 0) is 51.5 Å². The highest BCUT2D eigenvalue weighted by Crippen LogP contribution is 2.22. The topological polar surface area (TPSA) is 105 Å². The van der Waals surface area contributed by atoms with Gasteiger partial charge in [0, 0.05) is 30.7 Å². The molecule has 0 aliphatic carbocycles. The number of nitrogens with zero attached hydrogens (tertiary/aromatic N) is 2. The number of aliphatic carboxylic acids is 1. The molecule has 3 N–H and O–H groups in total. The minimum Gasteiger partial charge on any atom is -1.00 e. The van der Waals surface area contributed by atoms with Crippen LogP contribution in [0, 0.1) is 18.3 Å². The van der Waals surface area contributed by atoms with Crippen LogP contribution in [0.5, 0.6) is 0 Å². The third-order valence-electron chi connectivity index (χ3n) is 3.79. The van der Waals surface area contributed by atoms with Crippen molar-refractivity contribution in [3.8, 4) is 6.07 Å². The van der Waals surface area contributed by atoms with Crippen LogP contribution < -0.4 is 27.9 Å². The highest BCUT2D eigenvalue weighted by molar-refractivity contribution is 5.99. The van der Waals surface area contributed by atoms with Gasteiger partial charge < -0.3 is 33.0 Å². The third kappa shape index (κ3) is 6.30. The van der Waals surface area contributed by atoms with E-state index < -0.39 is 17.9 Å². The summed E-state index contributed by atoms with van der Waals surface area (Å²) in [5, 5.41) is 23.1. The van der Waals surface area contributed by atoms with Crippen LogP contribution in [0.25, 0.3) is 0 Å². The number of hydrogen-bond acceptors (Lipinski definition) is 5. The molecule has 0 bridgehead atoms. The molecule has 7 nitrogen and oxygen atoms in total. The number of nitrogens with one attached hydrogen (secondary N) is 2. The van der Waals surface area contributed by atoms with Gasteiger partial charge >= 0.3 is 5.97 Å². The van der Waals surface area contributed by atoms with Gasteiger partial charge in [0.1, 0.15) is 17.7 Å². The monoisotopic (exact) mass is 379 g/mol. The van der Waals surface area contributed by atoms with E-state index >= 15 is 0 Å². The Morgan fingerprint density at radius 2 is 1.96 bits per heavy atom. The van der Waals surface area contributed by atoms with Crippen LogP contribution in [0.3, 0.4) is 0 Å². The van der Waals surface area contributed by atoms with Crippen molar-refractivity contribution in [2.75, 3.05) is 23.3 Å². The molecule has 8 heteroatoms. The zero-order valence-electron chi connectivity index (χ0n) is 15.3. The van der Waals surface area contributed by atoms with Gasteiger partial charge in [-0.3, -0.25) is 9.59 Å². The summed E-state index contributed by atoms with van der Waals surface area (Å²) in [6, 6.07) is 6.58. The first-order chi connectivity index (χ1) is 11.8. The number of carbonyl (C=O) groups is 2. The summed E-state index contributed by atoms with van der Waals surface area (Å²) in [5.41, 5.74) is 2.64. The maximum Gasteiger partial charge on any atom is 0.325 e. The predicted octanol–water partition coefficient (Wildman–Crippen LogP) is -0.746. The average Bonchev–Trinajstić information content (AvgIpc) is 2.57. The summed E-state index contributed by atoms with van der Waals surface area (Å²) < 4.78 is 0. The quantitative estimate of drug-likeness (QED) is 0.405. The van der Waals surface area contributed by atoms with Gasteiger partial charge in [-0.2, -0.15) is 5.26 Å². The minimum atomic E-state index is -1.17. The van der Waals surface area contributed by atoms with E-state index in [1.807, 2.05) is 25.1 Å². The van der Waals surface area contributed by atoms with E-state index in [1.54, 1.807) is 6.07 Å². The lowest BCUT2D eigenvalue weighted by Crippen LogP contribution is -3.00. The van der Waals surface area contributed by atoms with Gasteiger partial charge in [0.15, 0.2) is 0 Å². The summed E-state index contributed by atoms with van der Waals surface area (Å²) >= 11 is 0. The van der Waals surface area contributed by atoms with E-state index in [1.165, 1.54) is 13.1 Å². The maximum atomic E-state index is 11.9. The van der Waals surface area contributed by atoms with E-state index in [0.717, 1.165) is 30.0 Å². The lowest BCUT2D eigenvalue weighted by Gasteiger charge is -2.22. The van der Waals surface area contributed by atoms with E-state index in [2.05, 4.69) is 29.4 Å². The Morgan fingerprint density at radius 1 is 1.35 bits per heavy atom. The van der Waals surface area contributed by atoms with Gasteiger partial charge in [0.05, 0.1) is 0 Å². The van der Waals surface area contributed by atoms with Crippen LogP contribution in [-0.2, 0) is 9.59 Å². The first kappa shape index (κ1) is 23.3. The largest absolute Gasteiger partial charge is 1.00 e. The lowest BCUT2D eigenvalue weighted by molar-refractivity contribution is -0.140. The molecule has 26 heavy (non-hydrogen) atoms. The van der Waals surface area contributed by atoms with Crippen molar-refractivity contribution in [2.45, 2.75) is 33.7 Å². The second-order valence-corrected chi connectivity index (χ2v) is 5.52. The standard InChI is InChI=1S/C18H24N4O3.ClH/c1-5-22(6-2)15-7-8-16(12(3)9-15)20-11-14(10-19)17(23)21-13(4)18(24)25;/h7-9,11,13,20H,5-6H2,1-4H3,(H,21,23)(H,24,25);1H/p-1/b14-11-;. The van der Waals surface area contributed by atoms with Gasteiger partial charge in [-0.25, -0.2) is 0 Å². The van der Waals surface area contributed by atoms with Crippen molar-refractivity contribution in [2.24, 2.45) is 0 Å². The molecule has 1 rings (SSSR count). The normalized spacial score (nSPS) is 11.6. The Labute approximate surface area is 160 Å². The molecule has 0 aliphatic heterocycles. The molecule has 1 aromatic carbocycles. The molecule has 0 aliphatic rings. The number of aryl methyl sites for hydroxylation is 1. The van der Waals surface area contributed by atoms with Gasteiger partial charge in [-0.1, -0.05) is 0 Å². The van der Waals surface area contributed by atoms with Crippen LogP contribution in [-0.4, -0.2) is 36.1 Å². The van der Waals surface area contributed by atoms with Crippen LogP contribution in [0.15, 0.2) is 30.0 Å². The third-order valence-corrected chi connectivity index (χ3v) is 3.79. The van der Waals surface area contributed by atoms with E-state index in [4.69, 9.17) is 10.4 Å². The number of carboxylic acids is 1. The number of carboxylic acid groups (broad SMARTS) is 1. The van der Waals surface area contributed by atoms with Gasteiger partial charge in [0.25, 0.3) is 5.91 Å².